The van der Waals surface area contributed by atoms with Gasteiger partial charge in [-0.2, -0.15) is 0 Å². The fourth-order valence-electron chi connectivity index (χ4n) is 6.11. The van der Waals surface area contributed by atoms with Crippen LogP contribution in [0.15, 0.2) is 20.3 Å². The Morgan fingerprint density at radius 1 is 1.25 bits per heavy atom. The number of nitrogens with zero attached hydrogens (tertiary/aromatic N) is 1. The maximum absolute atomic E-state index is 12.1. The largest absolute Gasteiger partial charge is 0.507 e. The lowest BCUT2D eigenvalue weighted by molar-refractivity contribution is -0.0633. The summed E-state index contributed by atoms with van der Waals surface area (Å²) in [4.78, 5) is 17.0. The van der Waals surface area contributed by atoms with E-state index in [1.807, 2.05) is 6.92 Å². The topological polar surface area (TPSA) is 62.8 Å². The molecule has 0 aromatic carbocycles. The van der Waals surface area contributed by atoms with Crippen LogP contribution in [-0.2, 0) is 0 Å². The monoisotopic (exact) mass is 329 g/mol. The van der Waals surface area contributed by atoms with Gasteiger partial charge in [-0.15, -0.1) is 0 Å². The van der Waals surface area contributed by atoms with Gasteiger partial charge < -0.3 is 9.52 Å². The fourth-order valence-corrected chi connectivity index (χ4v) is 6.11. The van der Waals surface area contributed by atoms with Crippen LogP contribution < -0.4 is 5.63 Å². The van der Waals surface area contributed by atoms with Crippen molar-refractivity contribution in [2.45, 2.75) is 65.3 Å². The number of hydrogen-bond donors (Lipinski definition) is 1. The van der Waals surface area contributed by atoms with Gasteiger partial charge in [0, 0.05) is 6.07 Å². The highest BCUT2D eigenvalue weighted by atomic mass is 16.4. The third-order valence-electron chi connectivity index (χ3n) is 6.77. The maximum Gasteiger partial charge on any atom is 0.348 e. The molecule has 1 N–H and O–H groups in total. The first-order valence-electron chi connectivity index (χ1n) is 9.25. The minimum Gasteiger partial charge on any atom is -0.507 e. The Hall–Kier alpha value is -1.58. The molecule has 0 radical (unpaired) electrons. The zero-order valence-electron chi connectivity index (χ0n) is 14.8. The SMILES string of the molecule is CC(=N[C@H](C)C12CC3CC(CC(C3)C1)C2)c1c(O)cc(C)oc1=O. The molecule has 0 aliphatic heterocycles. The van der Waals surface area contributed by atoms with Crippen LogP contribution in [0.25, 0.3) is 0 Å². The molecule has 1 aromatic heterocycles. The molecule has 4 heteroatoms. The standard InChI is InChI=1S/C20H27NO3/c1-11-4-17(22)18(19(23)24-11)12(2)21-13(3)20-8-14-5-15(9-20)7-16(6-14)10-20/h4,13-16,22H,5-10H2,1-3H3/t13-,14?,15?,16?,20?/m1/s1. The van der Waals surface area contributed by atoms with Crippen LogP contribution in [0, 0.1) is 30.1 Å². The number of aliphatic imine (C=N–C) groups is 1. The first-order chi connectivity index (χ1) is 11.4. The molecule has 24 heavy (non-hydrogen) atoms. The van der Waals surface area contributed by atoms with Gasteiger partial charge in [0.15, 0.2) is 0 Å². The average Bonchev–Trinajstić information content (AvgIpc) is 2.44. The second kappa shape index (κ2) is 5.47. The Morgan fingerprint density at radius 3 is 2.29 bits per heavy atom. The van der Waals surface area contributed by atoms with Crippen LogP contribution in [-0.4, -0.2) is 16.9 Å². The zero-order chi connectivity index (χ0) is 17.1. The number of hydrogen-bond acceptors (Lipinski definition) is 4. The molecule has 4 aliphatic carbocycles. The van der Waals surface area contributed by atoms with Gasteiger partial charge in [0.2, 0.25) is 0 Å². The second-order valence-electron chi connectivity index (χ2n) is 8.58. The van der Waals surface area contributed by atoms with Crippen molar-refractivity contribution in [2.75, 3.05) is 0 Å². The summed E-state index contributed by atoms with van der Waals surface area (Å²) in [6.45, 7) is 5.68. The molecular formula is C20H27NO3. The molecule has 0 unspecified atom stereocenters. The third-order valence-corrected chi connectivity index (χ3v) is 6.77. The van der Waals surface area contributed by atoms with E-state index in [9.17, 15) is 9.90 Å². The van der Waals surface area contributed by atoms with Gasteiger partial charge in [-0.3, -0.25) is 4.99 Å². The van der Waals surface area contributed by atoms with E-state index in [4.69, 9.17) is 9.41 Å². The van der Waals surface area contributed by atoms with Crippen molar-refractivity contribution in [3.05, 3.63) is 27.8 Å². The molecule has 0 amide bonds. The lowest BCUT2D eigenvalue weighted by Gasteiger charge is -2.58. The Morgan fingerprint density at radius 2 is 1.79 bits per heavy atom. The second-order valence-corrected chi connectivity index (χ2v) is 8.58. The first kappa shape index (κ1) is 15.9. The van der Waals surface area contributed by atoms with Gasteiger partial charge >= 0.3 is 5.63 Å². The highest BCUT2D eigenvalue weighted by molar-refractivity contribution is 6.00. The quantitative estimate of drug-likeness (QED) is 0.850. The van der Waals surface area contributed by atoms with Crippen LogP contribution >= 0.6 is 0 Å². The maximum atomic E-state index is 12.1. The van der Waals surface area contributed by atoms with E-state index >= 15 is 0 Å². The molecule has 0 saturated heterocycles. The van der Waals surface area contributed by atoms with Gasteiger partial charge in [-0.1, -0.05) is 0 Å². The van der Waals surface area contributed by atoms with E-state index in [0.29, 0.717) is 16.9 Å². The van der Waals surface area contributed by atoms with E-state index < -0.39 is 5.63 Å². The summed E-state index contributed by atoms with van der Waals surface area (Å²) in [5.74, 6) is 3.04. The fraction of sp³-hybridized carbons (Fsp3) is 0.700. The molecular weight excluding hydrogens is 302 g/mol. The molecule has 1 heterocycles. The van der Waals surface area contributed by atoms with Gasteiger partial charge in [0.1, 0.15) is 17.1 Å². The minimum absolute atomic E-state index is 0.0253. The van der Waals surface area contributed by atoms with E-state index in [0.717, 1.165) is 17.8 Å². The predicted molar refractivity (Wildman–Crippen MR) is 93.7 cm³/mol. The molecule has 130 valence electrons. The Bertz CT molecular complexity index is 710. The number of aromatic hydroxyl groups is 1. The lowest BCUT2D eigenvalue weighted by Crippen LogP contribution is -2.50. The highest BCUT2D eigenvalue weighted by Gasteiger charge is 2.53. The summed E-state index contributed by atoms with van der Waals surface area (Å²) in [5, 5.41) is 10.1. The molecule has 4 nitrogen and oxygen atoms in total. The van der Waals surface area contributed by atoms with E-state index in [1.54, 1.807) is 6.92 Å². The molecule has 4 bridgehead atoms. The summed E-state index contributed by atoms with van der Waals surface area (Å²) in [6.07, 6.45) is 8.09. The van der Waals surface area contributed by atoms with Crippen molar-refractivity contribution in [3.63, 3.8) is 0 Å². The molecule has 5 rings (SSSR count). The zero-order valence-corrected chi connectivity index (χ0v) is 14.8. The van der Waals surface area contributed by atoms with Crippen LogP contribution in [0.1, 0.15) is 63.7 Å². The summed E-state index contributed by atoms with van der Waals surface area (Å²) in [7, 11) is 0. The Balaban J connectivity index is 1.65. The predicted octanol–water partition coefficient (Wildman–Crippen LogP) is 4.07. The highest BCUT2D eigenvalue weighted by Crippen LogP contribution is 2.61. The van der Waals surface area contributed by atoms with Crippen molar-refractivity contribution in [1.29, 1.82) is 0 Å². The normalized spacial score (nSPS) is 36.1. The van der Waals surface area contributed by atoms with Gasteiger partial charge in [0.05, 0.1) is 11.8 Å². The molecule has 4 saturated carbocycles. The van der Waals surface area contributed by atoms with Crippen molar-refractivity contribution in [1.82, 2.24) is 0 Å². The number of rotatable bonds is 3. The van der Waals surface area contributed by atoms with Crippen LogP contribution in [0.2, 0.25) is 0 Å². The summed E-state index contributed by atoms with van der Waals surface area (Å²) < 4.78 is 5.14. The lowest BCUT2D eigenvalue weighted by atomic mass is 9.48. The van der Waals surface area contributed by atoms with E-state index in [-0.39, 0.29) is 17.4 Å². The molecule has 4 aliphatic rings. The molecule has 4 fully saturated rings. The summed E-state index contributed by atoms with van der Waals surface area (Å²) >= 11 is 0. The molecule has 1 aromatic rings. The van der Waals surface area contributed by atoms with E-state index in [1.165, 1.54) is 44.6 Å². The van der Waals surface area contributed by atoms with Gasteiger partial charge in [-0.05, 0) is 82.5 Å². The van der Waals surface area contributed by atoms with Crippen molar-refractivity contribution < 1.29 is 9.52 Å². The van der Waals surface area contributed by atoms with Crippen molar-refractivity contribution in [2.24, 2.45) is 28.2 Å². The van der Waals surface area contributed by atoms with Crippen LogP contribution in [0.5, 0.6) is 5.75 Å². The minimum atomic E-state index is -0.494. The number of aryl methyl sites for hydroxylation is 1. The molecule has 0 spiro atoms. The van der Waals surface area contributed by atoms with Crippen molar-refractivity contribution in [3.8, 4) is 5.75 Å². The van der Waals surface area contributed by atoms with Gasteiger partial charge in [-0.25, -0.2) is 4.79 Å². The van der Waals surface area contributed by atoms with Crippen molar-refractivity contribution >= 4 is 5.71 Å². The van der Waals surface area contributed by atoms with E-state index in [2.05, 4.69) is 6.92 Å². The van der Waals surface area contributed by atoms with Crippen LogP contribution in [0.3, 0.4) is 0 Å². The Labute approximate surface area is 143 Å². The summed E-state index contributed by atoms with van der Waals surface area (Å²) in [6, 6.07) is 1.68. The van der Waals surface area contributed by atoms with Gasteiger partial charge in [0.25, 0.3) is 0 Å². The molecule has 1 atom stereocenters. The summed E-state index contributed by atoms with van der Waals surface area (Å²) in [5.41, 5.74) is 0.629. The average molecular weight is 329 g/mol. The first-order valence-corrected chi connectivity index (χ1v) is 9.25. The van der Waals surface area contributed by atoms with Crippen LogP contribution in [0.4, 0.5) is 0 Å². The Kier molecular flexibility index (Phi) is 3.63. The smallest absolute Gasteiger partial charge is 0.348 e. The third kappa shape index (κ3) is 2.51.